The van der Waals surface area contributed by atoms with Crippen molar-refractivity contribution in [2.75, 3.05) is 11.9 Å². The van der Waals surface area contributed by atoms with Gasteiger partial charge in [-0.1, -0.05) is 48.0 Å². The summed E-state index contributed by atoms with van der Waals surface area (Å²) in [4.78, 5) is 4.57. The summed E-state index contributed by atoms with van der Waals surface area (Å²) in [7, 11) is 0. The minimum Gasteiger partial charge on any atom is -0.361 e. The number of benzene rings is 1. The van der Waals surface area contributed by atoms with E-state index < -0.39 is 0 Å². The third-order valence-corrected chi connectivity index (χ3v) is 3.99. The second-order valence-corrected chi connectivity index (χ2v) is 7.31. The molecule has 17 heavy (non-hydrogen) atoms. The zero-order valence-corrected chi connectivity index (χ0v) is 12.8. The number of hydrogen-bond acceptors (Lipinski definition) is 3. The predicted octanol–water partition coefficient (Wildman–Crippen LogP) is 4.91. The molecule has 92 valence electrons. The van der Waals surface area contributed by atoms with Gasteiger partial charge in [0, 0.05) is 11.0 Å². The van der Waals surface area contributed by atoms with Crippen LogP contribution in [-0.4, -0.2) is 11.5 Å². The van der Waals surface area contributed by atoms with Crippen LogP contribution in [0.1, 0.15) is 27.2 Å². The fourth-order valence-electron chi connectivity index (χ4n) is 1.52. The average molecular weight is 313 g/mol. The molecule has 1 aromatic heterocycles. The van der Waals surface area contributed by atoms with E-state index in [-0.39, 0.29) is 0 Å². The van der Waals surface area contributed by atoms with E-state index in [1.54, 1.807) is 11.3 Å². The van der Waals surface area contributed by atoms with Crippen LogP contribution in [0.5, 0.6) is 0 Å². The van der Waals surface area contributed by atoms with E-state index >= 15 is 0 Å². The highest BCUT2D eigenvalue weighted by Gasteiger charge is 2.10. The van der Waals surface area contributed by atoms with Gasteiger partial charge in [-0.2, -0.15) is 0 Å². The SMILES string of the molecule is CC(C)(C)CCNc1nc2cc(Br)ccc2s1. The lowest BCUT2D eigenvalue weighted by Crippen LogP contribution is -2.12. The van der Waals surface area contributed by atoms with E-state index in [0.717, 1.165) is 28.1 Å². The molecular formula is C13H17BrN2S. The summed E-state index contributed by atoms with van der Waals surface area (Å²) in [6.07, 6.45) is 1.15. The number of hydrogen-bond donors (Lipinski definition) is 1. The van der Waals surface area contributed by atoms with Crippen LogP contribution >= 0.6 is 27.3 Å². The summed E-state index contributed by atoms with van der Waals surface area (Å²) in [6.45, 7) is 7.74. The lowest BCUT2D eigenvalue weighted by Gasteiger charge is -2.17. The Kier molecular flexibility index (Phi) is 3.73. The first-order chi connectivity index (χ1) is 7.94. The molecule has 0 unspecified atom stereocenters. The zero-order valence-electron chi connectivity index (χ0n) is 10.4. The van der Waals surface area contributed by atoms with E-state index in [2.05, 4.69) is 65.2 Å². The molecule has 0 aliphatic carbocycles. The Hall–Kier alpha value is -0.610. The van der Waals surface area contributed by atoms with E-state index in [9.17, 15) is 0 Å². The van der Waals surface area contributed by atoms with Crippen molar-refractivity contribution in [2.24, 2.45) is 5.41 Å². The molecule has 0 saturated carbocycles. The average Bonchev–Trinajstić information content (AvgIpc) is 2.57. The first-order valence-corrected chi connectivity index (χ1v) is 7.35. The Morgan fingerprint density at radius 3 is 2.82 bits per heavy atom. The smallest absolute Gasteiger partial charge is 0.183 e. The monoisotopic (exact) mass is 312 g/mol. The molecule has 2 aromatic rings. The van der Waals surface area contributed by atoms with Gasteiger partial charge in [0.25, 0.3) is 0 Å². The molecule has 0 spiro atoms. The highest BCUT2D eigenvalue weighted by Crippen LogP contribution is 2.28. The van der Waals surface area contributed by atoms with Gasteiger partial charge in [-0.05, 0) is 30.0 Å². The molecular weight excluding hydrogens is 296 g/mol. The van der Waals surface area contributed by atoms with Gasteiger partial charge in [0.05, 0.1) is 10.2 Å². The fourth-order valence-corrected chi connectivity index (χ4v) is 2.74. The van der Waals surface area contributed by atoms with Crippen molar-refractivity contribution in [3.05, 3.63) is 22.7 Å². The van der Waals surface area contributed by atoms with E-state index in [1.807, 2.05) is 0 Å². The molecule has 0 saturated heterocycles. The Labute approximate surface area is 115 Å². The summed E-state index contributed by atoms with van der Waals surface area (Å²) in [5.74, 6) is 0. The predicted molar refractivity (Wildman–Crippen MR) is 79.9 cm³/mol. The van der Waals surface area contributed by atoms with Crippen molar-refractivity contribution in [1.29, 1.82) is 0 Å². The molecule has 0 atom stereocenters. The van der Waals surface area contributed by atoms with Crippen molar-refractivity contribution >= 4 is 42.6 Å². The molecule has 1 heterocycles. The third kappa shape index (κ3) is 3.68. The number of halogens is 1. The van der Waals surface area contributed by atoms with Crippen molar-refractivity contribution < 1.29 is 0 Å². The van der Waals surface area contributed by atoms with Crippen LogP contribution in [-0.2, 0) is 0 Å². The second kappa shape index (κ2) is 4.94. The number of thiazole rings is 1. The molecule has 1 aromatic carbocycles. The first-order valence-electron chi connectivity index (χ1n) is 5.74. The Bertz CT molecular complexity index is 514. The molecule has 2 nitrogen and oxygen atoms in total. The van der Waals surface area contributed by atoms with Crippen LogP contribution in [0.3, 0.4) is 0 Å². The van der Waals surface area contributed by atoms with Crippen LogP contribution < -0.4 is 5.32 Å². The number of anilines is 1. The molecule has 0 fully saturated rings. The Balaban J connectivity index is 2.05. The highest BCUT2D eigenvalue weighted by atomic mass is 79.9. The van der Waals surface area contributed by atoms with Gasteiger partial charge in [0.2, 0.25) is 0 Å². The standard InChI is InChI=1S/C13H17BrN2S/c1-13(2,3)6-7-15-12-16-10-8-9(14)4-5-11(10)17-12/h4-5,8H,6-7H2,1-3H3,(H,15,16). The molecule has 4 heteroatoms. The maximum Gasteiger partial charge on any atom is 0.183 e. The molecule has 0 radical (unpaired) electrons. The van der Waals surface area contributed by atoms with Crippen LogP contribution in [0.25, 0.3) is 10.2 Å². The number of fused-ring (bicyclic) bond motifs is 1. The van der Waals surface area contributed by atoms with Gasteiger partial charge in [0.1, 0.15) is 0 Å². The van der Waals surface area contributed by atoms with Crippen molar-refractivity contribution in [3.63, 3.8) is 0 Å². The molecule has 2 rings (SSSR count). The summed E-state index contributed by atoms with van der Waals surface area (Å²) < 4.78 is 2.31. The molecule has 0 aliphatic heterocycles. The number of nitrogens with one attached hydrogen (secondary N) is 1. The van der Waals surface area contributed by atoms with E-state index in [0.29, 0.717) is 5.41 Å². The molecule has 0 aliphatic rings. The van der Waals surface area contributed by atoms with Crippen molar-refractivity contribution in [2.45, 2.75) is 27.2 Å². The van der Waals surface area contributed by atoms with Crippen LogP contribution in [0.2, 0.25) is 0 Å². The Morgan fingerprint density at radius 2 is 2.12 bits per heavy atom. The zero-order chi connectivity index (χ0) is 12.5. The van der Waals surface area contributed by atoms with Gasteiger partial charge in [-0.15, -0.1) is 0 Å². The van der Waals surface area contributed by atoms with Gasteiger partial charge < -0.3 is 5.32 Å². The molecule has 1 N–H and O–H groups in total. The van der Waals surface area contributed by atoms with Crippen LogP contribution in [0.15, 0.2) is 22.7 Å². The van der Waals surface area contributed by atoms with Gasteiger partial charge in [-0.25, -0.2) is 4.98 Å². The fraction of sp³-hybridized carbons (Fsp3) is 0.462. The summed E-state index contributed by atoms with van der Waals surface area (Å²) in [6, 6.07) is 6.21. The minimum atomic E-state index is 0.368. The number of nitrogens with zero attached hydrogens (tertiary/aromatic N) is 1. The minimum absolute atomic E-state index is 0.368. The normalized spacial score (nSPS) is 12.0. The van der Waals surface area contributed by atoms with Crippen molar-refractivity contribution in [3.8, 4) is 0 Å². The number of aromatic nitrogens is 1. The summed E-state index contributed by atoms with van der Waals surface area (Å²) in [5, 5.41) is 4.42. The third-order valence-electron chi connectivity index (χ3n) is 2.50. The van der Waals surface area contributed by atoms with E-state index in [1.165, 1.54) is 4.70 Å². The summed E-state index contributed by atoms with van der Waals surface area (Å²) >= 11 is 5.18. The van der Waals surface area contributed by atoms with Gasteiger partial charge in [0.15, 0.2) is 5.13 Å². The quantitative estimate of drug-likeness (QED) is 0.871. The van der Waals surface area contributed by atoms with Crippen LogP contribution in [0, 0.1) is 5.41 Å². The first kappa shape index (κ1) is 12.8. The molecule has 0 amide bonds. The van der Waals surface area contributed by atoms with E-state index in [4.69, 9.17) is 0 Å². The lowest BCUT2D eigenvalue weighted by atomic mass is 9.92. The van der Waals surface area contributed by atoms with Gasteiger partial charge in [-0.3, -0.25) is 0 Å². The second-order valence-electron chi connectivity index (χ2n) is 5.37. The largest absolute Gasteiger partial charge is 0.361 e. The van der Waals surface area contributed by atoms with Crippen molar-refractivity contribution in [1.82, 2.24) is 4.98 Å². The maximum absolute atomic E-state index is 4.57. The topological polar surface area (TPSA) is 24.9 Å². The van der Waals surface area contributed by atoms with Crippen LogP contribution in [0.4, 0.5) is 5.13 Å². The molecule has 0 bridgehead atoms. The number of rotatable bonds is 3. The highest BCUT2D eigenvalue weighted by molar-refractivity contribution is 9.10. The summed E-state index contributed by atoms with van der Waals surface area (Å²) in [5.41, 5.74) is 1.43. The lowest BCUT2D eigenvalue weighted by molar-refractivity contribution is 0.390. The van der Waals surface area contributed by atoms with Gasteiger partial charge >= 0.3 is 0 Å². The maximum atomic E-state index is 4.57. The Morgan fingerprint density at radius 1 is 1.35 bits per heavy atom.